The average Bonchev–Trinajstić information content (AvgIpc) is 2.72. The molecule has 2 aromatic carbocycles. The van der Waals surface area contributed by atoms with Crippen LogP contribution in [0.2, 0.25) is 0 Å². The number of aromatic hydroxyl groups is 1. The number of hydrogen-bond acceptors (Lipinski definition) is 5. The highest BCUT2D eigenvalue weighted by molar-refractivity contribution is 5.87. The van der Waals surface area contributed by atoms with Crippen LogP contribution in [0.25, 0.3) is 0 Å². The van der Waals surface area contributed by atoms with Crippen molar-refractivity contribution in [2.24, 2.45) is 11.8 Å². The van der Waals surface area contributed by atoms with E-state index in [1.54, 1.807) is 24.3 Å². The predicted octanol–water partition coefficient (Wildman–Crippen LogP) is 4.23. The Hall–Kier alpha value is -2.57. The molecule has 0 aliphatic carbocycles. The summed E-state index contributed by atoms with van der Waals surface area (Å²) in [7, 11) is 0. The maximum absolute atomic E-state index is 11.3. The molecule has 3 heterocycles. The molecular weight excluding hydrogens is 394 g/mol. The van der Waals surface area contributed by atoms with Crippen LogP contribution in [0.5, 0.6) is 11.5 Å². The maximum Gasteiger partial charge on any atom is 0.335 e. The fourth-order valence-electron chi connectivity index (χ4n) is 5.57. The molecule has 2 fully saturated rings. The third kappa shape index (κ3) is 3.79. The molecule has 6 nitrogen and oxygen atoms in total. The van der Waals surface area contributed by atoms with Crippen LogP contribution in [-0.2, 0) is 11.3 Å². The van der Waals surface area contributed by atoms with Crippen molar-refractivity contribution < 1.29 is 24.5 Å². The average molecular weight is 424 g/mol. The minimum absolute atomic E-state index is 0.0144. The molecule has 5 rings (SSSR count). The number of ether oxygens (including phenoxy) is 2. The van der Waals surface area contributed by atoms with E-state index < -0.39 is 5.97 Å². The van der Waals surface area contributed by atoms with E-state index in [1.807, 2.05) is 18.2 Å². The summed E-state index contributed by atoms with van der Waals surface area (Å²) in [5, 5.41) is 19.1. The smallest absolute Gasteiger partial charge is 0.335 e. The number of hydrogen-bond donors (Lipinski definition) is 2. The molecule has 3 aliphatic heterocycles. The highest BCUT2D eigenvalue weighted by atomic mass is 16.5. The number of fused-ring (bicyclic) bond motifs is 4. The Balaban J connectivity index is 1.33. The molecule has 0 bridgehead atoms. The van der Waals surface area contributed by atoms with Crippen LogP contribution in [0.15, 0.2) is 42.5 Å². The van der Waals surface area contributed by atoms with Crippen molar-refractivity contribution in [3.05, 3.63) is 59.2 Å². The number of benzene rings is 2. The largest absolute Gasteiger partial charge is 0.508 e. The Bertz CT molecular complexity index is 1000. The SMILES string of the molecule is CC1(C)Oc2cc(O)ccc2[C@H]2O[C@H]3CCN(Cc4cccc(C(=O)O)c4)C[C@@H]3C[C@@H]21. The highest BCUT2D eigenvalue weighted by Crippen LogP contribution is 2.53. The van der Waals surface area contributed by atoms with Crippen LogP contribution >= 0.6 is 0 Å². The second-order valence-electron chi connectivity index (χ2n) is 9.65. The van der Waals surface area contributed by atoms with E-state index in [4.69, 9.17) is 9.47 Å². The van der Waals surface area contributed by atoms with E-state index in [0.717, 1.165) is 49.4 Å². The van der Waals surface area contributed by atoms with Crippen LogP contribution in [0, 0.1) is 11.8 Å². The van der Waals surface area contributed by atoms with Crippen molar-refractivity contribution in [1.82, 2.24) is 4.90 Å². The number of nitrogens with zero attached hydrogens (tertiary/aromatic N) is 1. The number of piperidine rings is 1. The minimum atomic E-state index is -0.889. The first kappa shape index (κ1) is 20.3. The van der Waals surface area contributed by atoms with Crippen LogP contribution in [0.4, 0.5) is 0 Å². The third-order valence-corrected chi connectivity index (χ3v) is 7.14. The lowest BCUT2D eigenvalue weighted by atomic mass is 9.70. The Labute approximate surface area is 182 Å². The van der Waals surface area contributed by atoms with Crippen molar-refractivity contribution >= 4 is 5.97 Å². The molecule has 31 heavy (non-hydrogen) atoms. The lowest BCUT2D eigenvalue weighted by Crippen LogP contribution is -2.55. The quantitative estimate of drug-likeness (QED) is 0.769. The molecular formula is C25H29NO5. The van der Waals surface area contributed by atoms with Crippen molar-refractivity contribution in [1.29, 1.82) is 0 Å². The second-order valence-corrected chi connectivity index (χ2v) is 9.65. The summed E-state index contributed by atoms with van der Waals surface area (Å²) in [5.41, 5.74) is 2.02. The molecule has 0 unspecified atom stereocenters. The van der Waals surface area contributed by atoms with Gasteiger partial charge in [-0.25, -0.2) is 4.79 Å². The number of phenolic OH excluding ortho intramolecular Hbond substituents is 1. The van der Waals surface area contributed by atoms with Gasteiger partial charge in [0.1, 0.15) is 17.1 Å². The first-order chi connectivity index (χ1) is 14.8. The summed E-state index contributed by atoms with van der Waals surface area (Å²) in [5.74, 6) is 0.697. The van der Waals surface area contributed by atoms with Crippen molar-refractivity contribution in [2.45, 2.75) is 51.0 Å². The number of carbonyl (C=O) groups is 1. The lowest BCUT2D eigenvalue weighted by molar-refractivity contribution is -0.187. The van der Waals surface area contributed by atoms with Crippen LogP contribution in [0.1, 0.15) is 54.3 Å². The number of phenols is 1. The van der Waals surface area contributed by atoms with Gasteiger partial charge in [0.15, 0.2) is 0 Å². The van der Waals surface area contributed by atoms with Gasteiger partial charge in [-0.3, -0.25) is 4.90 Å². The zero-order valence-corrected chi connectivity index (χ0v) is 18.0. The van der Waals surface area contributed by atoms with Crippen LogP contribution in [-0.4, -0.2) is 45.9 Å². The number of aromatic carboxylic acids is 1. The molecule has 2 aromatic rings. The molecule has 0 radical (unpaired) electrons. The summed E-state index contributed by atoms with van der Waals surface area (Å²) in [4.78, 5) is 13.7. The molecule has 0 spiro atoms. The Morgan fingerprint density at radius 2 is 2.06 bits per heavy atom. The Kier molecular flexibility index (Phi) is 4.94. The van der Waals surface area contributed by atoms with Gasteiger partial charge in [-0.1, -0.05) is 12.1 Å². The van der Waals surface area contributed by atoms with Gasteiger partial charge in [0, 0.05) is 37.2 Å². The third-order valence-electron chi connectivity index (χ3n) is 7.14. The molecule has 4 atom stereocenters. The predicted molar refractivity (Wildman–Crippen MR) is 115 cm³/mol. The summed E-state index contributed by atoms with van der Waals surface area (Å²) in [6.45, 7) is 6.83. The Morgan fingerprint density at radius 1 is 1.23 bits per heavy atom. The fourth-order valence-corrected chi connectivity index (χ4v) is 5.57. The zero-order valence-electron chi connectivity index (χ0n) is 18.0. The first-order valence-corrected chi connectivity index (χ1v) is 11.0. The maximum atomic E-state index is 11.3. The zero-order chi connectivity index (χ0) is 21.8. The second kappa shape index (κ2) is 7.53. The van der Waals surface area contributed by atoms with Gasteiger partial charge >= 0.3 is 5.97 Å². The summed E-state index contributed by atoms with van der Waals surface area (Å²) >= 11 is 0. The number of likely N-dealkylation sites (tertiary alicyclic amines) is 1. The number of carboxylic acids is 1. The van der Waals surface area contributed by atoms with Crippen LogP contribution in [0.3, 0.4) is 0 Å². The van der Waals surface area contributed by atoms with Gasteiger partial charge < -0.3 is 19.7 Å². The monoisotopic (exact) mass is 423 g/mol. The fraction of sp³-hybridized carbons (Fsp3) is 0.480. The molecule has 2 N–H and O–H groups in total. The molecule has 164 valence electrons. The Morgan fingerprint density at radius 3 is 2.87 bits per heavy atom. The van der Waals surface area contributed by atoms with E-state index in [1.165, 1.54) is 0 Å². The van der Waals surface area contributed by atoms with E-state index in [9.17, 15) is 15.0 Å². The van der Waals surface area contributed by atoms with Gasteiger partial charge in [-0.05, 0) is 62.4 Å². The van der Waals surface area contributed by atoms with Gasteiger partial charge in [-0.2, -0.15) is 0 Å². The molecule has 0 saturated carbocycles. The lowest BCUT2D eigenvalue weighted by Gasteiger charge is -2.53. The van der Waals surface area contributed by atoms with Gasteiger partial charge in [-0.15, -0.1) is 0 Å². The number of rotatable bonds is 3. The van der Waals surface area contributed by atoms with Gasteiger partial charge in [0.05, 0.1) is 17.8 Å². The summed E-state index contributed by atoms with van der Waals surface area (Å²) in [6.07, 6.45) is 2.17. The van der Waals surface area contributed by atoms with Gasteiger partial charge in [0.25, 0.3) is 0 Å². The van der Waals surface area contributed by atoms with E-state index in [-0.39, 0.29) is 29.5 Å². The van der Waals surface area contributed by atoms with E-state index in [0.29, 0.717) is 11.5 Å². The minimum Gasteiger partial charge on any atom is -0.508 e. The molecule has 2 saturated heterocycles. The van der Waals surface area contributed by atoms with Gasteiger partial charge in [0.2, 0.25) is 0 Å². The summed E-state index contributed by atoms with van der Waals surface area (Å²) in [6, 6.07) is 12.6. The van der Waals surface area contributed by atoms with Crippen LogP contribution < -0.4 is 4.74 Å². The highest BCUT2D eigenvalue weighted by Gasteiger charge is 2.51. The standard InChI is InChI=1S/C25H29NO5/c1-25(2)20-11-17-14-26(13-15-4-3-5-16(10-15)24(28)29)9-8-21(17)30-23(20)19-7-6-18(27)12-22(19)31-25/h3-7,10,12,17,20-21,23,27H,8-9,11,13-14H2,1-2H3,(H,28,29)/t17-,20-,21-,23+/m0/s1. The topological polar surface area (TPSA) is 79.2 Å². The molecule has 0 aromatic heterocycles. The van der Waals surface area contributed by atoms with E-state index >= 15 is 0 Å². The molecule has 3 aliphatic rings. The molecule has 6 heteroatoms. The van der Waals surface area contributed by atoms with Crippen molar-refractivity contribution in [2.75, 3.05) is 13.1 Å². The van der Waals surface area contributed by atoms with E-state index in [2.05, 4.69) is 18.7 Å². The number of carboxylic acid groups (broad SMARTS) is 1. The van der Waals surface area contributed by atoms with Crippen molar-refractivity contribution in [3.63, 3.8) is 0 Å². The first-order valence-electron chi connectivity index (χ1n) is 11.0. The molecule has 0 amide bonds. The summed E-state index contributed by atoms with van der Waals surface area (Å²) < 4.78 is 13.0. The normalized spacial score (nSPS) is 29.2. The van der Waals surface area contributed by atoms with Crippen molar-refractivity contribution in [3.8, 4) is 11.5 Å².